The molecule has 0 aromatic heterocycles. The average Bonchev–Trinajstić information content (AvgIpc) is 2.84. The van der Waals surface area contributed by atoms with Crippen molar-refractivity contribution < 1.29 is 9.53 Å². The summed E-state index contributed by atoms with van der Waals surface area (Å²) >= 11 is 0. The zero-order chi connectivity index (χ0) is 10.7. The molecule has 0 heterocycles. The molecule has 0 aliphatic heterocycles. The van der Waals surface area contributed by atoms with Crippen LogP contribution < -0.4 is 5.73 Å². The van der Waals surface area contributed by atoms with Gasteiger partial charge in [0.25, 0.3) is 0 Å². The number of likely N-dealkylation sites (N-methyl/N-ethyl adjacent to an activating group) is 1. The van der Waals surface area contributed by atoms with Gasteiger partial charge in [0, 0.05) is 19.7 Å². The number of ether oxygens (including phenoxy) is 1. The van der Waals surface area contributed by atoms with Crippen LogP contribution in [0.4, 0.5) is 0 Å². The fourth-order valence-corrected chi connectivity index (χ4v) is 1.73. The second-order valence-electron chi connectivity index (χ2n) is 3.93. The van der Waals surface area contributed by atoms with Crippen molar-refractivity contribution in [3.63, 3.8) is 0 Å². The minimum atomic E-state index is 0.0641. The molecule has 4 nitrogen and oxygen atoms in total. The van der Waals surface area contributed by atoms with Crippen molar-refractivity contribution in [1.82, 2.24) is 4.90 Å². The first-order valence-electron chi connectivity index (χ1n) is 5.16. The summed E-state index contributed by atoms with van der Waals surface area (Å²) in [5.41, 5.74) is 5.66. The Morgan fingerprint density at radius 3 is 2.64 bits per heavy atom. The van der Waals surface area contributed by atoms with Crippen molar-refractivity contribution in [2.45, 2.75) is 32.4 Å². The summed E-state index contributed by atoms with van der Waals surface area (Å²) in [6.07, 6.45) is 0.842. The SMILES string of the molecule is CCN(C(=O)C1CC1N)C(C)COC. The van der Waals surface area contributed by atoms with Crippen molar-refractivity contribution in [2.24, 2.45) is 11.7 Å². The van der Waals surface area contributed by atoms with E-state index in [0.717, 1.165) is 13.0 Å². The highest BCUT2D eigenvalue weighted by Gasteiger charge is 2.42. The highest BCUT2D eigenvalue weighted by molar-refractivity contribution is 5.82. The predicted octanol–water partition coefficient (Wildman–Crippen LogP) is 0.217. The molecule has 4 heteroatoms. The molecule has 0 radical (unpaired) electrons. The van der Waals surface area contributed by atoms with Gasteiger partial charge in [-0.2, -0.15) is 0 Å². The van der Waals surface area contributed by atoms with Crippen molar-refractivity contribution in [3.05, 3.63) is 0 Å². The molecule has 1 rings (SSSR count). The zero-order valence-electron chi connectivity index (χ0n) is 9.19. The summed E-state index contributed by atoms with van der Waals surface area (Å²) in [5, 5.41) is 0. The molecule has 0 aromatic rings. The number of carbonyl (C=O) groups is 1. The Morgan fingerprint density at radius 2 is 2.29 bits per heavy atom. The van der Waals surface area contributed by atoms with Gasteiger partial charge < -0.3 is 15.4 Å². The van der Waals surface area contributed by atoms with Crippen LogP contribution in [0.15, 0.2) is 0 Å². The van der Waals surface area contributed by atoms with E-state index in [9.17, 15) is 4.79 Å². The lowest BCUT2D eigenvalue weighted by Gasteiger charge is -2.27. The molecule has 1 fully saturated rings. The molecule has 82 valence electrons. The monoisotopic (exact) mass is 200 g/mol. The van der Waals surface area contributed by atoms with Crippen molar-refractivity contribution in [1.29, 1.82) is 0 Å². The van der Waals surface area contributed by atoms with Crippen molar-refractivity contribution in [3.8, 4) is 0 Å². The van der Waals surface area contributed by atoms with Gasteiger partial charge in [0.15, 0.2) is 0 Å². The van der Waals surface area contributed by atoms with Crippen molar-refractivity contribution >= 4 is 5.91 Å². The molecule has 0 bridgehead atoms. The van der Waals surface area contributed by atoms with Crippen LogP contribution in [-0.2, 0) is 9.53 Å². The number of hydrogen-bond acceptors (Lipinski definition) is 3. The number of methoxy groups -OCH3 is 1. The van der Waals surface area contributed by atoms with E-state index in [0.29, 0.717) is 6.61 Å². The number of rotatable bonds is 5. The summed E-state index contributed by atoms with van der Waals surface area (Å²) in [5.74, 6) is 0.249. The molecule has 0 saturated heterocycles. The van der Waals surface area contributed by atoms with Crippen LogP contribution in [0.2, 0.25) is 0 Å². The smallest absolute Gasteiger partial charge is 0.227 e. The predicted molar refractivity (Wildman–Crippen MR) is 54.8 cm³/mol. The average molecular weight is 200 g/mol. The largest absolute Gasteiger partial charge is 0.383 e. The van der Waals surface area contributed by atoms with Gasteiger partial charge >= 0.3 is 0 Å². The van der Waals surface area contributed by atoms with Crippen LogP contribution in [0.25, 0.3) is 0 Å². The van der Waals surface area contributed by atoms with Crippen LogP contribution in [0, 0.1) is 5.92 Å². The normalized spacial score (nSPS) is 27.1. The Bertz CT molecular complexity index is 208. The minimum Gasteiger partial charge on any atom is -0.383 e. The molecule has 0 aromatic carbocycles. The molecule has 1 aliphatic carbocycles. The van der Waals surface area contributed by atoms with E-state index in [1.54, 1.807) is 7.11 Å². The molecule has 1 amide bonds. The van der Waals surface area contributed by atoms with Gasteiger partial charge in [-0.15, -0.1) is 0 Å². The second kappa shape index (κ2) is 4.75. The quantitative estimate of drug-likeness (QED) is 0.690. The summed E-state index contributed by atoms with van der Waals surface area (Å²) < 4.78 is 5.04. The van der Waals surface area contributed by atoms with Crippen LogP contribution in [0.1, 0.15) is 20.3 Å². The van der Waals surface area contributed by atoms with Gasteiger partial charge in [-0.3, -0.25) is 4.79 Å². The highest BCUT2D eigenvalue weighted by atomic mass is 16.5. The fourth-order valence-electron chi connectivity index (χ4n) is 1.73. The first-order valence-corrected chi connectivity index (χ1v) is 5.16. The number of carbonyl (C=O) groups excluding carboxylic acids is 1. The molecular formula is C10H20N2O2. The maximum absolute atomic E-state index is 11.9. The highest BCUT2D eigenvalue weighted by Crippen LogP contribution is 2.30. The maximum atomic E-state index is 11.9. The standard InChI is InChI=1S/C10H20N2O2/c1-4-12(7(2)6-14-3)10(13)8-5-9(8)11/h7-9H,4-6,11H2,1-3H3. The van der Waals surface area contributed by atoms with E-state index in [1.165, 1.54) is 0 Å². The van der Waals surface area contributed by atoms with Gasteiger partial charge in [0.05, 0.1) is 18.6 Å². The third-order valence-corrected chi connectivity index (χ3v) is 2.72. The number of nitrogens with two attached hydrogens (primary N) is 1. The second-order valence-corrected chi connectivity index (χ2v) is 3.93. The lowest BCUT2D eigenvalue weighted by molar-refractivity contribution is -0.135. The molecule has 1 aliphatic rings. The van der Waals surface area contributed by atoms with Gasteiger partial charge in [-0.1, -0.05) is 0 Å². The lowest BCUT2D eigenvalue weighted by atomic mass is 10.2. The fraction of sp³-hybridized carbons (Fsp3) is 0.900. The topological polar surface area (TPSA) is 55.6 Å². The molecular weight excluding hydrogens is 180 g/mol. The molecule has 3 atom stereocenters. The van der Waals surface area contributed by atoms with E-state index in [2.05, 4.69) is 0 Å². The van der Waals surface area contributed by atoms with E-state index in [4.69, 9.17) is 10.5 Å². The molecule has 3 unspecified atom stereocenters. The van der Waals surface area contributed by atoms with Crippen LogP contribution in [0.5, 0.6) is 0 Å². The summed E-state index contributed by atoms with van der Waals surface area (Å²) in [4.78, 5) is 13.7. The van der Waals surface area contributed by atoms with Crippen LogP contribution >= 0.6 is 0 Å². The van der Waals surface area contributed by atoms with Gasteiger partial charge in [-0.25, -0.2) is 0 Å². The Balaban J connectivity index is 2.48. The molecule has 1 saturated carbocycles. The lowest BCUT2D eigenvalue weighted by Crippen LogP contribution is -2.42. The molecule has 2 N–H and O–H groups in total. The first-order chi connectivity index (χ1) is 6.61. The van der Waals surface area contributed by atoms with E-state index < -0.39 is 0 Å². The zero-order valence-corrected chi connectivity index (χ0v) is 9.19. The summed E-state index contributed by atoms with van der Waals surface area (Å²) in [7, 11) is 1.65. The van der Waals surface area contributed by atoms with Crippen molar-refractivity contribution in [2.75, 3.05) is 20.3 Å². The Hall–Kier alpha value is -0.610. The number of nitrogens with zero attached hydrogens (tertiary/aromatic N) is 1. The third kappa shape index (κ3) is 2.45. The Labute approximate surface area is 85.4 Å². The Kier molecular flexibility index (Phi) is 3.89. The van der Waals surface area contributed by atoms with Gasteiger partial charge in [-0.05, 0) is 20.3 Å². The van der Waals surface area contributed by atoms with E-state index >= 15 is 0 Å². The number of hydrogen-bond donors (Lipinski definition) is 1. The first kappa shape index (κ1) is 11.5. The van der Waals surface area contributed by atoms with E-state index in [1.807, 2.05) is 18.7 Å². The van der Waals surface area contributed by atoms with Gasteiger partial charge in [0.1, 0.15) is 0 Å². The van der Waals surface area contributed by atoms with Crippen LogP contribution in [0.3, 0.4) is 0 Å². The number of amides is 1. The molecule has 14 heavy (non-hydrogen) atoms. The Morgan fingerprint density at radius 1 is 1.71 bits per heavy atom. The maximum Gasteiger partial charge on any atom is 0.227 e. The minimum absolute atomic E-state index is 0.0641. The summed E-state index contributed by atoms with van der Waals surface area (Å²) in [6, 6.07) is 0.233. The third-order valence-electron chi connectivity index (χ3n) is 2.72. The van der Waals surface area contributed by atoms with Gasteiger partial charge in [0.2, 0.25) is 5.91 Å². The molecule has 0 spiro atoms. The summed E-state index contributed by atoms with van der Waals surface area (Å²) in [6.45, 7) is 5.30. The van der Waals surface area contributed by atoms with E-state index in [-0.39, 0.29) is 23.9 Å². The van der Waals surface area contributed by atoms with Crippen LogP contribution in [-0.4, -0.2) is 43.2 Å².